The van der Waals surface area contributed by atoms with E-state index in [4.69, 9.17) is 5.73 Å². The lowest BCUT2D eigenvalue weighted by molar-refractivity contribution is -0.106. The molecule has 4 rings (SSSR count). The lowest BCUT2D eigenvalue weighted by atomic mass is 10.0. The molecule has 3 N–H and O–H groups in total. The summed E-state index contributed by atoms with van der Waals surface area (Å²) in [6.07, 6.45) is 2.51. The van der Waals surface area contributed by atoms with Crippen molar-refractivity contribution in [1.82, 2.24) is 9.88 Å². The number of pyridine rings is 1. The molecule has 0 bridgehead atoms. The molecule has 1 aliphatic rings. The number of nitrogens with two attached hydrogens (primary N) is 1. The van der Waals surface area contributed by atoms with E-state index in [9.17, 15) is 9.59 Å². The average molecular weight is 459 g/mol. The molecule has 1 fully saturated rings. The number of hydrogen-bond donors (Lipinski definition) is 2. The Morgan fingerprint density at radius 3 is 2.50 bits per heavy atom. The van der Waals surface area contributed by atoms with Crippen molar-refractivity contribution >= 4 is 34.9 Å². The second-order valence-electron chi connectivity index (χ2n) is 8.54. The fraction of sp³-hybridized carbons (Fsp3) is 0.269. The maximum atomic E-state index is 12.0. The number of nitrogens with one attached hydrogen (secondary N) is 1. The van der Waals surface area contributed by atoms with Gasteiger partial charge in [0.25, 0.3) is 5.91 Å². The normalized spacial score (nSPS) is 14.0. The number of anilines is 4. The minimum absolute atomic E-state index is 0.182. The number of rotatable bonds is 8. The number of carbonyl (C=O) groups is 2. The van der Waals surface area contributed by atoms with E-state index in [1.165, 1.54) is 5.69 Å². The number of hydrogen-bond acceptors (Lipinski definition) is 7. The van der Waals surface area contributed by atoms with Crippen LogP contribution < -0.4 is 20.9 Å². The fourth-order valence-corrected chi connectivity index (χ4v) is 4.03. The van der Waals surface area contributed by atoms with Crippen molar-refractivity contribution in [3.05, 3.63) is 66.5 Å². The van der Waals surface area contributed by atoms with E-state index in [-0.39, 0.29) is 5.69 Å². The Morgan fingerprint density at radius 1 is 1.09 bits per heavy atom. The van der Waals surface area contributed by atoms with Crippen LogP contribution in [0.25, 0.3) is 11.1 Å². The Bertz CT molecular complexity index is 1160. The zero-order valence-electron chi connectivity index (χ0n) is 19.6. The van der Waals surface area contributed by atoms with Gasteiger partial charge >= 0.3 is 0 Å². The third kappa shape index (κ3) is 5.35. The molecule has 0 atom stereocenters. The molecule has 1 amide bonds. The van der Waals surface area contributed by atoms with Gasteiger partial charge in [-0.15, -0.1) is 0 Å². The Hall–Kier alpha value is -3.91. The summed E-state index contributed by atoms with van der Waals surface area (Å²) in [6.45, 7) is 4.41. The van der Waals surface area contributed by atoms with Crippen molar-refractivity contribution in [2.24, 2.45) is 5.73 Å². The van der Waals surface area contributed by atoms with Gasteiger partial charge in [-0.3, -0.25) is 4.79 Å². The molecule has 34 heavy (non-hydrogen) atoms. The number of aromatic nitrogens is 1. The van der Waals surface area contributed by atoms with Crippen LogP contribution in [-0.4, -0.2) is 68.9 Å². The Balaban J connectivity index is 1.58. The largest absolute Gasteiger partial charge is 0.369 e. The summed E-state index contributed by atoms with van der Waals surface area (Å²) < 4.78 is 0. The van der Waals surface area contributed by atoms with Gasteiger partial charge in [0.15, 0.2) is 5.69 Å². The summed E-state index contributed by atoms with van der Waals surface area (Å²) in [4.78, 5) is 33.8. The molecule has 3 aromatic rings. The smallest absolute Gasteiger partial charge is 0.269 e. The van der Waals surface area contributed by atoms with Gasteiger partial charge in [-0.05, 0) is 55.1 Å². The molecule has 8 heteroatoms. The van der Waals surface area contributed by atoms with E-state index in [2.05, 4.69) is 39.3 Å². The predicted octanol–water partition coefficient (Wildman–Crippen LogP) is 2.98. The van der Waals surface area contributed by atoms with Crippen LogP contribution in [0, 0.1) is 0 Å². The number of piperazine rings is 1. The second-order valence-corrected chi connectivity index (χ2v) is 8.54. The van der Waals surface area contributed by atoms with Gasteiger partial charge in [0, 0.05) is 62.0 Å². The van der Waals surface area contributed by atoms with Gasteiger partial charge in [0.05, 0.1) is 12.2 Å². The van der Waals surface area contributed by atoms with Crippen molar-refractivity contribution in [3.8, 4) is 11.1 Å². The first kappa shape index (κ1) is 23.3. The lowest BCUT2D eigenvalue weighted by Gasteiger charge is -2.34. The Labute approximate surface area is 200 Å². The van der Waals surface area contributed by atoms with Gasteiger partial charge in [0.1, 0.15) is 6.29 Å². The van der Waals surface area contributed by atoms with Crippen molar-refractivity contribution in [3.63, 3.8) is 0 Å². The quantitative estimate of drug-likeness (QED) is 0.501. The number of aldehydes is 1. The molecule has 0 saturated carbocycles. The summed E-state index contributed by atoms with van der Waals surface area (Å²) in [6, 6.07) is 17.9. The van der Waals surface area contributed by atoms with E-state index < -0.39 is 5.91 Å². The number of amides is 1. The van der Waals surface area contributed by atoms with Crippen LogP contribution in [-0.2, 0) is 4.79 Å². The highest BCUT2D eigenvalue weighted by atomic mass is 16.1. The highest BCUT2D eigenvalue weighted by Crippen LogP contribution is 2.29. The number of carbonyl (C=O) groups excluding carboxylic acids is 2. The highest BCUT2D eigenvalue weighted by Gasteiger charge is 2.15. The first-order valence-electron chi connectivity index (χ1n) is 11.3. The molecule has 0 unspecified atom stereocenters. The second kappa shape index (κ2) is 10.4. The van der Waals surface area contributed by atoms with Crippen LogP contribution in [0.1, 0.15) is 10.5 Å². The minimum atomic E-state index is -0.595. The van der Waals surface area contributed by atoms with Gasteiger partial charge in [-0.1, -0.05) is 12.1 Å². The monoisotopic (exact) mass is 458 g/mol. The molecule has 0 spiro atoms. The summed E-state index contributed by atoms with van der Waals surface area (Å²) in [7, 11) is 4.00. The maximum absolute atomic E-state index is 12.0. The van der Waals surface area contributed by atoms with Crippen LogP contribution in [0.15, 0.2) is 60.8 Å². The van der Waals surface area contributed by atoms with E-state index >= 15 is 0 Å². The lowest BCUT2D eigenvalue weighted by Crippen LogP contribution is -2.44. The van der Waals surface area contributed by atoms with Gasteiger partial charge in [-0.2, -0.15) is 0 Å². The molecular weight excluding hydrogens is 428 g/mol. The molecular formula is C26H30N6O2. The first-order chi connectivity index (χ1) is 16.4. The molecule has 1 saturated heterocycles. The molecule has 0 radical (unpaired) electrons. The molecule has 1 aromatic heterocycles. The molecule has 176 valence electrons. The van der Waals surface area contributed by atoms with Crippen LogP contribution in [0.5, 0.6) is 0 Å². The fourth-order valence-electron chi connectivity index (χ4n) is 4.03. The van der Waals surface area contributed by atoms with Crippen molar-refractivity contribution in [2.45, 2.75) is 0 Å². The van der Waals surface area contributed by atoms with Crippen LogP contribution in [0.3, 0.4) is 0 Å². The summed E-state index contributed by atoms with van der Waals surface area (Å²) in [5.74, 6) is -0.595. The first-order valence-corrected chi connectivity index (χ1v) is 11.3. The topological polar surface area (TPSA) is 94.8 Å². The number of benzene rings is 2. The number of nitrogens with zero attached hydrogens (tertiary/aromatic N) is 4. The van der Waals surface area contributed by atoms with Crippen molar-refractivity contribution in [2.75, 3.05) is 61.9 Å². The SMILES string of the molecule is CN1CCN(c2ccc(Nc3cc(-c4cccc(N(C)CC=O)c4)cnc3C(N)=O)cc2)CC1. The molecule has 2 heterocycles. The van der Waals surface area contributed by atoms with E-state index in [0.717, 1.165) is 55.0 Å². The van der Waals surface area contributed by atoms with E-state index in [1.807, 2.05) is 54.4 Å². The van der Waals surface area contributed by atoms with E-state index in [0.29, 0.717) is 12.2 Å². The third-order valence-corrected chi connectivity index (χ3v) is 6.10. The van der Waals surface area contributed by atoms with Crippen LogP contribution in [0.4, 0.5) is 22.7 Å². The van der Waals surface area contributed by atoms with Gasteiger partial charge < -0.3 is 30.5 Å². The van der Waals surface area contributed by atoms with Crippen LogP contribution >= 0.6 is 0 Å². The zero-order valence-corrected chi connectivity index (χ0v) is 19.6. The van der Waals surface area contributed by atoms with Crippen LogP contribution in [0.2, 0.25) is 0 Å². The summed E-state index contributed by atoms with van der Waals surface area (Å²) in [5, 5.41) is 3.31. The third-order valence-electron chi connectivity index (χ3n) is 6.10. The van der Waals surface area contributed by atoms with Crippen molar-refractivity contribution in [1.29, 1.82) is 0 Å². The molecule has 2 aromatic carbocycles. The van der Waals surface area contributed by atoms with Crippen molar-refractivity contribution < 1.29 is 9.59 Å². The standard InChI is InChI=1S/C26H30N6O2/c1-30-10-12-32(13-11-30)22-8-6-21(7-9-22)29-24-17-20(18-28-25(24)26(27)34)19-4-3-5-23(16-19)31(2)14-15-33/h3-9,15-18,29H,10-14H2,1-2H3,(H2,27,34). The predicted molar refractivity (Wildman–Crippen MR) is 137 cm³/mol. The number of likely N-dealkylation sites (N-methyl/N-ethyl adjacent to an activating group) is 2. The Morgan fingerprint density at radius 2 is 1.82 bits per heavy atom. The minimum Gasteiger partial charge on any atom is -0.369 e. The number of primary amides is 1. The summed E-state index contributed by atoms with van der Waals surface area (Å²) in [5.41, 5.74) is 11.0. The van der Waals surface area contributed by atoms with Gasteiger partial charge in [-0.25, -0.2) is 4.98 Å². The average Bonchev–Trinajstić information content (AvgIpc) is 2.85. The van der Waals surface area contributed by atoms with Gasteiger partial charge in [0.2, 0.25) is 0 Å². The Kier molecular flexibility index (Phi) is 7.08. The molecule has 1 aliphatic heterocycles. The molecule has 8 nitrogen and oxygen atoms in total. The molecule has 0 aliphatic carbocycles. The maximum Gasteiger partial charge on any atom is 0.269 e. The summed E-state index contributed by atoms with van der Waals surface area (Å²) >= 11 is 0. The highest BCUT2D eigenvalue weighted by molar-refractivity contribution is 5.98. The zero-order chi connectivity index (χ0) is 24.1. The van der Waals surface area contributed by atoms with E-state index in [1.54, 1.807) is 6.20 Å².